The lowest BCUT2D eigenvalue weighted by Crippen LogP contribution is -2.59. The Kier molecular flexibility index (Phi) is 7.55. The van der Waals surface area contributed by atoms with Gasteiger partial charge in [-0.3, -0.25) is 14.9 Å². The highest BCUT2D eigenvalue weighted by Gasteiger charge is 2.40. The molecule has 13 heteroatoms. The van der Waals surface area contributed by atoms with E-state index in [-0.39, 0.29) is 18.2 Å². The molecule has 2 aromatic carbocycles. The van der Waals surface area contributed by atoms with E-state index in [1.54, 1.807) is 24.3 Å². The van der Waals surface area contributed by atoms with Crippen molar-refractivity contribution in [3.05, 3.63) is 54.1 Å². The summed E-state index contributed by atoms with van der Waals surface area (Å²) in [5.74, 6) is -0.713. The normalized spacial score (nSPS) is 19.0. The van der Waals surface area contributed by atoms with Crippen LogP contribution in [0.1, 0.15) is 5.56 Å². The van der Waals surface area contributed by atoms with Crippen LogP contribution in [0.25, 0.3) is 0 Å². The van der Waals surface area contributed by atoms with Gasteiger partial charge in [-0.25, -0.2) is 8.42 Å². The molecule has 1 aliphatic rings. The van der Waals surface area contributed by atoms with Crippen molar-refractivity contribution in [2.75, 3.05) is 24.7 Å². The van der Waals surface area contributed by atoms with E-state index in [1.807, 2.05) is 0 Å². The van der Waals surface area contributed by atoms with E-state index in [1.165, 1.54) is 7.11 Å². The molecular formula is C20H20F3N3O5S2. The lowest BCUT2D eigenvalue weighted by atomic mass is 10.2. The quantitative estimate of drug-likeness (QED) is 0.531. The highest BCUT2D eigenvalue weighted by atomic mass is 32.2. The molecule has 0 aliphatic carbocycles. The molecule has 0 saturated carbocycles. The highest BCUT2D eigenvalue weighted by molar-refractivity contribution is 8.00. The van der Waals surface area contributed by atoms with Gasteiger partial charge in [-0.05, 0) is 30.3 Å². The summed E-state index contributed by atoms with van der Waals surface area (Å²) in [6.07, 6.45) is -4.72. The second kappa shape index (κ2) is 10.0. The first-order chi connectivity index (χ1) is 15.5. The first-order valence-electron chi connectivity index (χ1n) is 9.51. The third-order valence-electron chi connectivity index (χ3n) is 4.65. The molecule has 1 saturated heterocycles. The SMILES string of the molecule is COc1cccc(NC(=O)CSC2NCC(S(=O)(=O)c3cccc(C(F)(F)F)c3)C(=O)N2)c1. The topological polar surface area (TPSA) is 114 Å². The zero-order valence-corrected chi connectivity index (χ0v) is 18.8. The van der Waals surface area contributed by atoms with Crippen molar-refractivity contribution in [1.82, 2.24) is 10.6 Å². The van der Waals surface area contributed by atoms with Crippen LogP contribution in [0.15, 0.2) is 53.4 Å². The van der Waals surface area contributed by atoms with Crippen LogP contribution in [0.2, 0.25) is 0 Å². The first-order valence-corrected chi connectivity index (χ1v) is 12.1. The zero-order chi connectivity index (χ0) is 24.2. The Morgan fingerprint density at radius 2 is 1.94 bits per heavy atom. The van der Waals surface area contributed by atoms with Gasteiger partial charge in [0.25, 0.3) is 0 Å². The Morgan fingerprint density at radius 1 is 1.21 bits per heavy atom. The minimum absolute atomic E-state index is 0.0554. The summed E-state index contributed by atoms with van der Waals surface area (Å²) in [7, 11) is -2.88. The van der Waals surface area contributed by atoms with Crippen molar-refractivity contribution in [3.63, 3.8) is 0 Å². The fourth-order valence-corrected chi connectivity index (χ4v) is 5.36. The molecule has 3 rings (SSSR count). The number of methoxy groups -OCH3 is 1. The summed E-state index contributed by atoms with van der Waals surface area (Å²) in [4.78, 5) is 24.0. The van der Waals surface area contributed by atoms with Gasteiger partial charge < -0.3 is 15.4 Å². The Bertz CT molecular complexity index is 1140. The molecule has 178 valence electrons. The first kappa shape index (κ1) is 24.9. The van der Waals surface area contributed by atoms with Gasteiger partial charge in [-0.2, -0.15) is 13.2 Å². The molecule has 2 atom stereocenters. The van der Waals surface area contributed by atoms with Crippen molar-refractivity contribution in [2.24, 2.45) is 0 Å². The van der Waals surface area contributed by atoms with Gasteiger partial charge in [0.05, 0.1) is 23.3 Å². The molecule has 2 amide bonds. The van der Waals surface area contributed by atoms with Crippen molar-refractivity contribution < 1.29 is 35.9 Å². The van der Waals surface area contributed by atoms with Gasteiger partial charge in [0.2, 0.25) is 11.8 Å². The number of anilines is 1. The van der Waals surface area contributed by atoms with E-state index in [9.17, 15) is 31.2 Å². The van der Waals surface area contributed by atoms with Crippen LogP contribution in [-0.2, 0) is 25.6 Å². The summed E-state index contributed by atoms with van der Waals surface area (Å²) < 4.78 is 69.4. The summed E-state index contributed by atoms with van der Waals surface area (Å²) in [6, 6.07) is 9.98. The maximum absolute atomic E-state index is 12.9. The lowest BCUT2D eigenvalue weighted by Gasteiger charge is -2.29. The number of amides is 2. The number of alkyl halides is 3. The Balaban J connectivity index is 1.58. The summed E-state index contributed by atoms with van der Waals surface area (Å²) in [5.41, 5.74) is -1.35. The summed E-state index contributed by atoms with van der Waals surface area (Å²) >= 11 is 1.02. The monoisotopic (exact) mass is 503 g/mol. The predicted molar refractivity (Wildman–Crippen MR) is 116 cm³/mol. The van der Waals surface area contributed by atoms with Gasteiger partial charge in [0.1, 0.15) is 11.2 Å². The van der Waals surface area contributed by atoms with E-state index in [2.05, 4.69) is 16.0 Å². The maximum Gasteiger partial charge on any atom is 0.416 e. The van der Waals surface area contributed by atoms with E-state index in [0.29, 0.717) is 17.5 Å². The van der Waals surface area contributed by atoms with Gasteiger partial charge >= 0.3 is 6.18 Å². The molecular weight excluding hydrogens is 483 g/mol. The second-order valence-electron chi connectivity index (χ2n) is 6.95. The number of carbonyl (C=O) groups is 2. The van der Waals surface area contributed by atoms with Crippen molar-refractivity contribution in [2.45, 2.75) is 21.8 Å². The largest absolute Gasteiger partial charge is 0.497 e. The standard InChI is InChI=1S/C20H20F3N3O5S2/c1-31-14-6-3-5-13(9-14)25-17(27)11-32-19-24-10-16(18(28)26-19)33(29,30)15-7-2-4-12(8-15)20(21,22)23/h2-9,16,19,24H,10-11H2,1H3,(H,25,27)(H,26,28). The number of nitrogens with one attached hydrogen (secondary N) is 3. The van der Waals surface area contributed by atoms with Gasteiger partial charge in [-0.1, -0.05) is 12.1 Å². The van der Waals surface area contributed by atoms with Gasteiger partial charge in [-0.15, -0.1) is 11.8 Å². The molecule has 1 heterocycles. The van der Waals surface area contributed by atoms with Crippen molar-refractivity contribution >= 4 is 39.1 Å². The number of rotatable bonds is 7. The fourth-order valence-electron chi connectivity index (χ4n) is 3.00. The highest BCUT2D eigenvalue weighted by Crippen LogP contribution is 2.31. The van der Waals surface area contributed by atoms with Gasteiger partial charge in [0.15, 0.2) is 15.1 Å². The Hall–Kier alpha value is -2.77. The van der Waals surface area contributed by atoms with Crippen molar-refractivity contribution in [3.8, 4) is 5.75 Å². The van der Waals surface area contributed by atoms with Crippen LogP contribution in [0.4, 0.5) is 18.9 Å². The minimum Gasteiger partial charge on any atom is -0.497 e. The smallest absolute Gasteiger partial charge is 0.416 e. The number of sulfone groups is 1. The summed E-state index contributed by atoms with van der Waals surface area (Å²) in [5, 5.41) is 6.29. The Labute approximate surface area is 192 Å². The number of thioether (sulfide) groups is 1. The molecule has 2 aromatic rings. The molecule has 0 bridgehead atoms. The third-order valence-corrected chi connectivity index (χ3v) is 7.74. The lowest BCUT2D eigenvalue weighted by molar-refractivity contribution is -0.137. The fraction of sp³-hybridized carbons (Fsp3) is 0.300. The number of carbonyl (C=O) groups excluding carboxylic acids is 2. The van der Waals surface area contributed by atoms with E-state index >= 15 is 0 Å². The van der Waals surface area contributed by atoms with Crippen LogP contribution < -0.4 is 20.7 Å². The number of halogens is 3. The predicted octanol–water partition coefficient (Wildman–Crippen LogP) is 2.23. The van der Waals surface area contributed by atoms with Crippen LogP contribution >= 0.6 is 11.8 Å². The van der Waals surface area contributed by atoms with Crippen molar-refractivity contribution in [1.29, 1.82) is 0 Å². The Morgan fingerprint density at radius 3 is 2.61 bits per heavy atom. The maximum atomic E-state index is 12.9. The van der Waals surface area contributed by atoms with Crippen LogP contribution in [0.5, 0.6) is 5.75 Å². The molecule has 33 heavy (non-hydrogen) atoms. The number of ether oxygens (including phenoxy) is 1. The second-order valence-corrected chi connectivity index (χ2v) is 10.2. The third kappa shape index (κ3) is 6.18. The molecule has 8 nitrogen and oxygen atoms in total. The minimum atomic E-state index is -4.72. The van der Waals surface area contributed by atoms with E-state index in [0.717, 1.165) is 30.0 Å². The molecule has 2 unspecified atom stereocenters. The van der Waals surface area contributed by atoms with Gasteiger partial charge in [0, 0.05) is 18.3 Å². The number of hydrogen-bond donors (Lipinski definition) is 3. The molecule has 1 aliphatic heterocycles. The molecule has 3 N–H and O–H groups in total. The molecule has 0 aromatic heterocycles. The number of hydrogen-bond acceptors (Lipinski definition) is 7. The molecule has 0 radical (unpaired) electrons. The molecule has 1 fully saturated rings. The zero-order valence-electron chi connectivity index (χ0n) is 17.2. The van der Waals surface area contributed by atoms with E-state index in [4.69, 9.17) is 4.74 Å². The average molecular weight is 504 g/mol. The van der Waals surface area contributed by atoms with Crippen LogP contribution in [0.3, 0.4) is 0 Å². The average Bonchev–Trinajstić information content (AvgIpc) is 2.77. The summed E-state index contributed by atoms with van der Waals surface area (Å²) in [6.45, 7) is -0.320. The van der Waals surface area contributed by atoms with Crippen LogP contribution in [0, 0.1) is 0 Å². The van der Waals surface area contributed by atoms with Crippen LogP contribution in [-0.4, -0.2) is 50.4 Å². The van der Waals surface area contributed by atoms with E-state index < -0.39 is 43.1 Å². The number of benzene rings is 2. The molecule has 0 spiro atoms.